The first-order chi connectivity index (χ1) is 6.19. The highest BCUT2D eigenvalue weighted by atomic mass is 16.2. The molecule has 5 heteroatoms. The lowest BCUT2D eigenvalue weighted by molar-refractivity contribution is 0.843. The lowest BCUT2D eigenvalue weighted by Gasteiger charge is -2.18. The molecule has 1 aromatic rings. The van der Waals surface area contributed by atoms with Crippen LogP contribution in [-0.2, 0) is 0 Å². The molecule has 0 radical (unpaired) electrons. The van der Waals surface area contributed by atoms with Gasteiger partial charge < -0.3 is 9.88 Å². The number of nitrogens with one attached hydrogen (secondary N) is 2. The first-order valence-electron chi connectivity index (χ1n) is 4.26. The first kappa shape index (κ1) is 9.57. The molecule has 0 saturated heterocycles. The van der Waals surface area contributed by atoms with E-state index in [-0.39, 0.29) is 5.56 Å². The largest absolute Gasteiger partial charge is 0.366 e. The third-order valence-electron chi connectivity index (χ3n) is 1.90. The van der Waals surface area contributed by atoms with Gasteiger partial charge in [0.25, 0.3) is 5.56 Å². The van der Waals surface area contributed by atoms with Gasteiger partial charge in [-0.15, -0.1) is 0 Å². The van der Waals surface area contributed by atoms with Crippen molar-refractivity contribution < 1.29 is 0 Å². The highest BCUT2D eigenvalue weighted by molar-refractivity contribution is 5.40. The lowest BCUT2D eigenvalue weighted by atomic mass is 10.4. The fourth-order valence-corrected chi connectivity index (χ4v) is 1.20. The molecule has 0 bridgehead atoms. The fourth-order valence-electron chi connectivity index (χ4n) is 1.20. The van der Waals surface area contributed by atoms with E-state index >= 15 is 0 Å². The molecule has 0 aliphatic heterocycles. The quantitative estimate of drug-likeness (QED) is 0.688. The summed E-state index contributed by atoms with van der Waals surface area (Å²) < 4.78 is 0. The van der Waals surface area contributed by atoms with Crippen molar-refractivity contribution in [1.82, 2.24) is 9.97 Å². The summed E-state index contributed by atoms with van der Waals surface area (Å²) in [6, 6.07) is 0. The molecule has 72 valence electrons. The van der Waals surface area contributed by atoms with Gasteiger partial charge in [0.05, 0.1) is 0 Å². The van der Waals surface area contributed by atoms with Gasteiger partial charge in [0, 0.05) is 19.3 Å². The number of hydrogen-bond acceptors (Lipinski definition) is 3. The molecule has 0 aromatic carbocycles. The van der Waals surface area contributed by atoms with Gasteiger partial charge in [0.1, 0.15) is 5.69 Å². The normalized spacial score (nSPS) is 10.0. The molecule has 5 nitrogen and oxygen atoms in total. The Hall–Kier alpha value is -1.52. The minimum Gasteiger partial charge on any atom is -0.366 e. The zero-order valence-corrected chi connectivity index (χ0v) is 7.76. The Bertz CT molecular complexity index is 375. The Balaban J connectivity index is 3.14. The topological polar surface area (TPSA) is 69.0 Å². The van der Waals surface area contributed by atoms with Crippen LogP contribution in [0.2, 0.25) is 0 Å². The van der Waals surface area contributed by atoms with Crippen molar-refractivity contribution in [3.63, 3.8) is 0 Å². The standard InChI is InChI=1S/C8H13N3O2/c1-3-11(4-2)6-5-9-8(13)10-7(6)12/h5H,3-4H2,1-2H3,(H2,9,10,12,13). The van der Waals surface area contributed by atoms with Crippen LogP contribution in [0.1, 0.15) is 13.8 Å². The second-order valence-electron chi connectivity index (χ2n) is 2.63. The summed E-state index contributed by atoms with van der Waals surface area (Å²) >= 11 is 0. The second-order valence-corrected chi connectivity index (χ2v) is 2.63. The Morgan fingerprint density at radius 2 is 1.92 bits per heavy atom. The van der Waals surface area contributed by atoms with Crippen molar-refractivity contribution in [2.24, 2.45) is 0 Å². The molecule has 2 N–H and O–H groups in total. The van der Waals surface area contributed by atoms with E-state index < -0.39 is 5.69 Å². The molecular formula is C8H13N3O2. The van der Waals surface area contributed by atoms with Crippen LogP contribution in [0.5, 0.6) is 0 Å². The number of aromatic nitrogens is 2. The van der Waals surface area contributed by atoms with Gasteiger partial charge in [-0.1, -0.05) is 0 Å². The first-order valence-corrected chi connectivity index (χ1v) is 4.26. The molecular weight excluding hydrogens is 170 g/mol. The van der Waals surface area contributed by atoms with Crippen molar-refractivity contribution in [2.75, 3.05) is 18.0 Å². The zero-order chi connectivity index (χ0) is 9.84. The average Bonchev–Trinajstić information content (AvgIpc) is 2.10. The highest BCUT2D eigenvalue weighted by Gasteiger charge is 2.05. The van der Waals surface area contributed by atoms with Crippen LogP contribution < -0.4 is 16.1 Å². The van der Waals surface area contributed by atoms with Gasteiger partial charge in [0.2, 0.25) is 0 Å². The summed E-state index contributed by atoms with van der Waals surface area (Å²) in [4.78, 5) is 28.5. The predicted octanol–water partition coefficient (Wildman–Crippen LogP) is -0.0906. The van der Waals surface area contributed by atoms with E-state index in [0.717, 1.165) is 13.1 Å². The average molecular weight is 183 g/mol. The number of rotatable bonds is 3. The third-order valence-corrected chi connectivity index (χ3v) is 1.90. The highest BCUT2D eigenvalue weighted by Crippen LogP contribution is 2.01. The van der Waals surface area contributed by atoms with Crippen LogP contribution in [0.25, 0.3) is 0 Å². The summed E-state index contributed by atoms with van der Waals surface area (Å²) in [5.74, 6) is 0. The Morgan fingerprint density at radius 3 is 2.38 bits per heavy atom. The summed E-state index contributed by atoms with van der Waals surface area (Å²) in [5, 5.41) is 0. The molecule has 0 atom stereocenters. The van der Waals surface area contributed by atoms with E-state index in [1.165, 1.54) is 6.20 Å². The fraction of sp³-hybridized carbons (Fsp3) is 0.500. The Labute approximate surface area is 75.4 Å². The Morgan fingerprint density at radius 1 is 1.31 bits per heavy atom. The molecule has 1 heterocycles. The van der Waals surface area contributed by atoms with Crippen molar-refractivity contribution in [3.8, 4) is 0 Å². The van der Waals surface area contributed by atoms with Crippen LogP contribution in [0.15, 0.2) is 15.8 Å². The van der Waals surface area contributed by atoms with Crippen molar-refractivity contribution in [3.05, 3.63) is 27.0 Å². The molecule has 0 spiro atoms. The predicted molar refractivity (Wildman–Crippen MR) is 51.2 cm³/mol. The SMILES string of the molecule is CCN(CC)c1c[nH]c(=O)[nH]c1=O. The third kappa shape index (κ3) is 1.99. The molecule has 0 fully saturated rings. The Kier molecular flexibility index (Phi) is 2.89. The van der Waals surface area contributed by atoms with Crippen molar-refractivity contribution >= 4 is 5.69 Å². The second kappa shape index (κ2) is 3.93. The van der Waals surface area contributed by atoms with E-state index in [1.54, 1.807) is 0 Å². The van der Waals surface area contributed by atoms with E-state index in [1.807, 2.05) is 18.7 Å². The van der Waals surface area contributed by atoms with Gasteiger partial charge in [-0.25, -0.2) is 4.79 Å². The monoisotopic (exact) mass is 183 g/mol. The maximum absolute atomic E-state index is 11.3. The summed E-state index contributed by atoms with van der Waals surface area (Å²) in [5.41, 5.74) is -0.307. The van der Waals surface area contributed by atoms with Crippen molar-refractivity contribution in [2.45, 2.75) is 13.8 Å². The number of aromatic amines is 2. The number of nitrogens with zero attached hydrogens (tertiary/aromatic N) is 1. The van der Waals surface area contributed by atoms with Crippen LogP contribution in [-0.4, -0.2) is 23.1 Å². The molecule has 1 aromatic heterocycles. The van der Waals surface area contributed by atoms with Gasteiger partial charge in [-0.3, -0.25) is 9.78 Å². The number of anilines is 1. The van der Waals surface area contributed by atoms with Gasteiger partial charge in [0.15, 0.2) is 0 Å². The number of hydrogen-bond donors (Lipinski definition) is 2. The smallest absolute Gasteiger partial charge is 0.325 e. The molecule has 13 heavy (non-hydrogen) atoms. The van der Waals surface area contributed by atoms with E-state index in [4.69, 9.17) is 0 Å². The van der Waals surface area contributed by atoms with Crippen LogP contribution >= 0.6 is 0 Å². The van der Waals surface area contributed by atoms with E-state index in [9.17, 15) is 9.59 Å². The molecule has 1 rings (SSSR count). The molecule has 0 aliphatic rings. The molecule has 0 saturated carbocycles. The minimum atomic E-state index is -0.471. The maximum atomic E-state index is 11.3. The van der Waals surface area contributed by atoms with E-state index in [2.05, 4.69) is 9.97 Å². The van der Waals surface area contributed by atoms with Crippen LogP contribution in [0, 0.1) is 0 Å². The summed E-state index contributed by atoms with van der Waals surface area (Å²) in [6.45, 7) is 5.39. The van der Waals surface area contributed by atoms with Crippen molar-refractivity contribution in [1.29, 1.82) is 0 Å². The van der Waals surface area contributed by atoms with Gasteiger partial charge in [-0.05, 0) is 13.8 Å². The molecule has 0 amide bonds. The minimum absolute atomic E-state index is 0.340. The molecule has 0 aliphatic carbocycles. The van der Waals surface area contributed by atoms with Gasteiger partial charge >= 0.3 is 5.69 Å². The number of H-pyrrole nitrogens is 2. The summed E-state index contributed by atoms with van der Waals surface area (Å²) in [7, 11) is 0. The summed E-state index contributed by atoms with van der Waals surface area (Å²) in [6.07, 6.45) is 1.44. The van der Waals surface area contributed by atoms with Gasteiger partial charge in [-0.2, -0.15) is 0 Å². The van der Waals surface area contributed by atoms with Crippen LogP contribution in [0.3, 0.4) is 0 Å². The molecule has 0 unspecified atom stereocenters. The van der Waals surface area contributed by atoms with E-state index in [0.29, 0.717) is 5.69 Å². The van der Waals surface area contributed by atoms with Crippen LogP contribution in [0.4, 0.5) is 5.69 Å². The zero-order valence-electron chi connectivity index (χ0n) is 7.76. The maximum Gasteiger partial charge on any atom is 0.325 e. The lowest BCUT2D eigenvalue weighted by Crippen LogP contribution is -2.32.